The molecule has 0 aromatic heterocycles. The molecule has 0 aromatic rings. The Balaban J connectivity index is -0.000000482. The number of carbonyl (C=O) groups is 3. The van der Waals surface area contributed by atoms with Gasteiger partial charge in [-0.05, 0) is 50.5 Å². The first-order chi connectivity index (χ1) is 8.43. The highest BCUT2D eigenvalue weighted by Gasteiger charge is 2.09. The van der Waals surface area contributed by atoms with Gasteiger partial charge in [-0.3, -0.25) is 0 Å². The Kier molecular flexibility index (Phi) is 21.0. The largest absolute Gasteiger partial charge is 0.550 e. The van der Waals surface area contributed by atoms with Gasteiger partial charge in [-0.2, -0.15) is 0 Å². The minimum absolute atomic E-state index is 0. The Bertz CT molecular complexity index is 333. The zero-order valence-electron chi connectivity index (χ0n) is 12.9. The number of carboxylic acids is 3. The highest BCUT2D eigenvalue weighted by atomic mass is 16.4. The van der Waals surface area contributed by atoms with Crippen LogP contribution in [0.15, 0.2) is 12.2 Å². The Morgan fingerprint density at radius 1 is 0.905 bits per heavy atom. The standard InChI is InChI=1S/C12H18O6.3H3N/c13-10(14)7-3-1-2-5-9(12(17)18)6-4-8-11(15)16;;;/h3,7,9H,1-2,4-6,8H2,(H,13,14)(H,15,16)(H,17,18);3*1H3. The average molecular weight is 309 g/mol. The lowest BCUT2D eigenvalue weighted by atomic mass is 9.96. The van der Waals surface area contributed by atoms with Gasteiger partial charge in [0.15, 0.2) is 0 Å². The summed E-state index contributed by atoms with van der Waals surface area (Å²) in [6, 6.07) is 0. The van der Waals surface area contributed by atoms with Crippen molar-refractivity contribution in [3.05, 3.63) is 12.2 Å². The Morgan fingerprint density at radius 2 is 1.43 bits per heavy atom. The maximum atomic E-state index is 10.8. The van der Waals surface area contributed by atoms with Crippen LogP contribution in [0.4, 0.5) is 0 Å². The third-order valence-electron chi connectivity index (χ3n) is 2.44. The topological polar surface area (TPSA) is 230 Å². The van der Waals surface area contributed by atoms with Crippen LogP contribution in [0, 0.1) is 5.92 Å². The Hall–Kier alpha value is -1.97. The van der Waals surface area contributed by atoms with Crippen LogP contribution in [0.2, 0.25) is 0 Å². The predicted molar refractivity (Wildman–Crippen MR) is 73.3 cm³/mol. The van der Waals surface area contributed by atoms with Gasteiger partial charge in [0.2, 0.25) is 0 Å². The normalized spacial score (nSPS) is 10.7. The number of hydrogen-bond donors (Lipinski definition) is 3. The van der Waals surface area contributed by atoms with Gasteiger partial charge in [-0.25, -0.2) is 0 Å². The SMILES string of the molecule is O=C([O-])C=CCCCC(CCCC(=O)[O-])C(=O)[O-].[NH4+].[NH4+].[NH4+]. The molecule has 0 rings (SSSR count). The third-order valence-corrected chi connectivity index (χ3v) is 2.44. The van der Waals surface area contributed by atoms with Crippen LogP contribution in [0.1, 0.15) is 38.5 Å². The van der Waals surface area contributed by atoms with E-state index in [1.54, 1.807) is 0 Å². The van der Waals surface area contributed by atoms with Gasteiger partial charge in [0.25, 0.3) is 0 Å². The maximum Gasteiger partial charge on any atom is 0.0639 e. The molecule has 0 saturated heterocycles. The summed E-state index contributed by atoms with van der Waals surface area (Å²) < 4.78 is 0. The fourth-order valence-corrected chi connectivity index (χ4v) is 1.53. The Morgan fingerprint density at radius 3 is 1.86 bits per heavy atom. The minimum Gasteiger partial charge on any atom is -0.550 e. The second-order valence-corrected chi connectivity index (χ2v) is 3.93. The molecule has 0 heterocycles. The van der Waals surface area contributed by atoms with Gasteiger partial charge < -0.3 is 48.2 Å². The average Bonchev–Trinajstić information content (AvgIpc) is 2.25. The van der Waals surface area contributed by atoms with E-state index in [1.165, 1.54) is 6.08 Å². The van der Waals surface area contributed by atoms with Crippen molar-refractivity contribution in [2.24, 2.45) is 5.92 Å². The smallest absolute Gasteiger partial charge is 0.0639 e. The van der Waals surface area contributed by atoms with Crippen molar-refractivity contribution in [3.8, 4) is 0 Å². The van der Waals surface area contributed by atoms with Gasteiger partial charge >= 0.3 is 0 Å². The van der Waals surface area contributed by atoms with E-state index in [9.17, 15) is 29.7 Å². The van der Waals surface area contributed by atoms with Gasteiger partial charge in [-0.15, -0.1) is 0 Å². The molecule has 0 aromatic carbocycles. The molecule has 0 amide bonds. The van der Waals surface area contributed by atoms with E-state index in [-0.39, 0.29) is 37.7 Å². The molecule has 21 heavy (non-hydrogen) atoms. The summed E-state index contributed by atoms with van der Waals surface area (Å²) in [6.45, 7) is 0. The molecule has 0 bridgehead atoms. The Labute approximate surface area is 123 Å². The van der Waals surface area contributed by atoms with E-state index >= 15 is 0 Å². The second-order valence-electron chi connectivity index (χ2n) is 3.93. The quantitative estimate of drug-likeness (QED) is 0.333. The fourth-order valence-electron chi connectivity index (χ4n) is 1.53. The monoisotopic (exact) mass is 309 g/mol. The lowest BCUT2D eigenvalue weighted by molar-refractivity contribution is -0.313. The molecule has 0 aliphatic carbocycles. The number of quaternary nitrogens is 3. The molecule has 126 valence electrons. The number of unbranched alkanes of at least 4 members (excludes halogenated alkanes) is 1. The summed E-state index contributed by atoms with van der Waals surface area (Å²) in [5.74, 6) is -4.41. The van der Waals surface area contributed by atoms with Gasteiger partial charge in [0.1, 0.15) is 0 Å². The summed E-state index contributed by atoms with van der Waals surface area (Å²) in [5.41, 5.74) is 0. The molecule has 12 N–H and O–H groups in total. The van der Waals surface area contributed by atoms with Crippen molar-refractivity contribution in [1.29, 1.82) is 0 Å². The van der Waals surface area contributed by atoms with Gasteiger partial charge in [-0.1, -0.05) is 6.08 Å². The van der Waals surface area contributed by atoms with Crippen molar-refractivity contribution >= 4 is 17.9 Å². The van der Waals surface area contributed by atoms with E-state index < -0.39 is 23.8 Å². The van der Waals surface area contributed by atoms with Crippen molar-refractivity contribution in [1.82, 2.24) is 18.5 Å². The molecule has 9 nitrogen and oxygen atoms in total. The summed E-state index contributed by atoms with van der Waals surface area (Å²) in [4.78, 5) is 31.0. The van der Waals surface area contributed by atoms with Crippen LogP contribution >= 0.6 is 0 Å². The van der Waals surface area contributed by atoms with Crippen molar-refractivity contribution < 1.29 is 29.7 Å². The first kappa shape index (κ1) is 27.4. The van der Waals surface area contributed by atoms with E-state index in [0.29, 0.717) is 19.3 Å². The van der Waals surface area contributed by atoms with Crippen LogP contribution in [0.25, 0.3) is 0 Å². The van der Waals surface area contributed by atoms with E-state index in [0.717, 1.165) is 6.08 Å². The fraction of sp³-hybridized carbons (Fsp3) is 0.583. The molecule has 0 fully saturated rings. The van der Waals surface area contributed by atoms with Crippen LogP contribution in [0.5, 0.6) is 0 Å². The van der Waals surface area contributed by atoms with Crippen molar-refractivity contribution in [3.63, 3.8) is 0 Å². The summed E-state index contributed by atoms with van der Waals surface area (Å²) >= 11 is 0. The van der Waals surface area contributed by atoms with Crippen molar-refractivity contribution in [2.75, 3.05) is 0 Å². The molecule has 0 aliphatic rings. The zero-order chi connectivity index (χ0) is 14.0. The van der Waals surface area contributed by atoms with Crippen LogP contribution in [-0.2, 0) is 14.4 Å². The predicted octanol–water partition coefficient (Wildman–Crippen LogP) is -1.12. The molecule has 0 saturated carbocycles. The minimum atomic E-state index is -1.29. The molecule has 0 radical (unpaired) electrons. The molecule has 1 atom stereocenters. The van der Waals surface area contributed by atoms with Crippen molar-refractivity contribution in [2.45, 2.75) is 38.5 Å². The lowest BCUT2D eigenvalue weighted by Gasteiger charge is -2.17. The first-order valence-electron chi connectivity index (χ1n) is 5.71. The van der Waals surface area contributed by atoms with Gasteiger partial charge in [0.05, 0.1) is 5.97 Å². The summed E-state index contributed by atoms with van der Waals surface area (Å²) in [6.07, 6.45) is 3.82. The first-order valence-corrected chi connectivity index (χ1v) is 5.71. The highest BCUT2D eigenvalue weighted by molar-refractivity contribution is 5.77. The van der Waals surface area contributed by atoms with E-state index in [4.69, 9.17) is 0 Å². The van der Waals surface area contributed by atoms with Crippen LogP contribution in [0.3, 0.4) is 0 Å². The molecule has 0 aliphatic heterocycles. The number of carbonyl (C=O) groups excluding carboxylic acids is 3. The number of hydrogen-bond acceptors (Lipinski definition) is 6. The number of rotatable bonds is 10. The van der Waals surface area contributed by atoms with Gasteiger partial charge in [0, 0.05) is 11.9 Å². The van der Waals surface area contributed by atoms with E-state index in [1.807, 2.05) is 0 Å². The van der Waals surface area contributed by atoms with E-state index in [2.05, 4.69) is 0 Å². The molecule has 0 spiro atoms. The summed E-state index contributed by atoms with van der Waals surface area (Å²) in [7, 11) is 0. The third kappa shape index (κ3) is 18.0. The zero-order valence-corrected chi connectivity index (χ0v) is 12.9. The second kappa shape index (κ2) is 16.1. The maximum absolute atomic E-state index is 10.8. The molecular formula is C12H27N3O6. The number of aliphatic carboxylic acids is 3. The molecular weight excluding hydrogens is 282 g/mol. The molecule has 9 heteroatoms. The van der Waals surface area contributed by atoms with Crippen LogP contribution in [-0.4, -0.2) is 17.9 Å². The van der Waals surface area contributed by atoms with Crippen LogP contribution < -0.4 is 33.8 Å². The highest BCUT2D eigenvalue weighted by Crippen LogP contribution is 2.15. The summed E-state index contributed by atoms with van der Waals surface area (Å²) in [5, 5.41) is 31.0. The lowest BCUT2D eigenvalue weighted by Crippen LogP contribution is -2.31. The molecule has 1 unspecified atom stereocenters. The number of allylic oxidation sites excluding steroid dienone is 1. The number of carboxylic acid groups (broad SMARTS) is 3.